The summed E-state index contributed by atoms with van der Waals surface area (Å²) in [7, 11) is 0. The predicted octanol–water partition coefficient (Wildman–Crippen LogP) is 4.26. The number of aromatic nitrogens is 1. The molecule has 0 saturated heterocycles. The fraction of sp³-hybridized carbons (Fsp3) is 0.263. The molecule has 0 radical (unpaired) electrons. The summed E-state index contributed by atoms with van der Waals surface area (Å²) >= 11 is 0. The molecule has 3 nitrogen and oxygen atoms in total. The van der Waals surface area contributed by atoms with Gasteiger partial charge in [0.2, 0.25) is 0 Å². The van der Waals surface area contributed by atoms with E-state index in [2.05, 4.69) is 22.8 Å². The van der Waals surface area contributed by atoms with Crippen LogP contribution in [0.1, 0.15) is 37.4 Å². The van der Waals surface area contributed by atoms with Crippen molar-refractivity contribution < 1.29 is 5.11 Å². The van der Waals surface area contributed by atoms with E-state index in [1.165, 1.54) is 35.9 Å². The van der Waals surface area contributed by atoms with Crippen molar-refractivity contribution in [1.82, 2.24) is 4.57 Å². The molecule has 4 rings (SSSR count). The highest BCUT2D eigenvalue weighted by Gasteiger charge is 2.24. The van der Waals surface area contributed by atoms with Gasteiger partial charge in [0.1, 0.15) is 5.75 Å². The SMILES string of the molecule is NC1=CCC=C(c2cc3ccc(O)cc3n2C2CCC2)C=C1. The van der Waals surface area contributed by atoms with E-state index in [9.17, 15) is 5.11 Å². The topological polar surface area (TPSA) is 51.2 Å². The number of hydrogen-bond donors (Lipinski definition) is 2. The van der Waals surface area contributed by atoms with Crippen LogP contribution in [0.4, 0.5) is 0 Å². The maximum absolute atomic E-state index is 9.86. The molecule has 0 atom stereocenters. The molecule has 1 fully saturated rings. The summed E-state index contributed by atoms with van der Waals surface area (Å²) < 4.78 is 2.40. The zero-order chi connectivity index (χ0) is 15.1. The summed E-state index contributed by atoms with van der Waals surface area (Å²) in [6.45, 7) is 0. The molecule has 1 aromatic heterocycles. The highest BCUT2D eigenvalue weighted by atomic mass is 16.3. The molecule has 0 bridgehead atoms. The lowest BCUT2D eigenvalue weighted by atomic mass is 9.92. The van der Waals surface area contributed by atoms with Gasteiger partial charge in [0.25, 0.3) is 0 Å². The summed E-state index contributed by atoms with van der Waals surface area (Å²) in [5.74, 6) is 0.328. The van der Waals surface area contributed by atoms with Crippen molar-refractivity contribution in [2.45, 2.75) is 31.7 Å². The van der Waals surface area contributed by atoms with E-state index in [1.54, 1.807) is 6.07 Å². The molecule has 0 aliphatic heterocycles. The third kappa shape index (κ3) is 2.13. The highest BCUT2D eigenvalue weighted by molar-refractivity contribution is 5.89. The molecule has 3 N–H and O–H groups in total. The van der Waals surface area contributed by atoms with Gasteiger partial charge in [-0.1, -0.05) is 18.2 Å². The van der Waals surface area contributed by atoms with Crippen molar-refractivity contribution in [3.05, 3.63) is 60.0 Å². The van der Waals surface area contributed by atoms with Gasteiger partial charge in [0.05, 0.1) is 5.52 Å². The minimum Gasteiger partial charge on any atom is -0.508 e. The van der Waals surface area contributed by atoms with E-state index >= 15 is 0 Å². The van der Waals surface area contributed by atoms with Crippen molar-refractivity contribution in [3.63, 3.8) is 0 Å². The second kappa shape index (κ2) is 5.09. The molecule has 2 aromatic rings. The van der Waals surface area contributed by atoms with Gasteiger partial charge in [-0.3, -0.25) is 0 Å². The molecule has 1 heterocycles. The maximum Gasteiger partial charge on any atom is 0.117 e. The van der Waals surface area contributed by atoms with Gasteiger partial charge >= 0.3 is 0 Å². The largest absolute Gasteiger partial charge is 0.508 e. The summed E-state index contributed by atoms with van der Waals surface area (Å²) in [5.41, 5.74) is 10.3. The highest BCUT2D eigenvalue weighted by Crippen LogP contribution is 2.39. The molecule has 0 unspecified atom stereocenters. The van der Waals surface area contributed by atoms with Crippen molar-refractivity contribution in [3.8, 4) is 5.75 Å². The first-order valence-corrected chi connectivity index (χ1v) is 7.90. The van der Waals surface area contributed by atoms with Gasteiger partial charge < -0.3 is 15.4 Å². The van der Waals surface area contributed by atoms with Gasteiger partial charge in [-0.2, -0.15) is 0 Å². The number of nitrogens with zero attached hydrogens (tertiary/aromatic N) is 1. The first-order chi connectivity index (χ1) is 10.7. The number of aromatic hydroxyl groups is 1. The standard InChI is InChI=1S/C19H20N2O/c20-15-4-1-3-13(7-9-15)18-11-14-8-10-17(22)12-19(14)21(18)16-5-2-6-16/h3-4,7-12,16,22H,1-2,5-6,20H2. The van der Waals surface area contributed by atoms with Gasteiger partial charge in [0, 0.05) is 28.9 Å². The summed E-state index contributed by atoms with van der Waals surface area (Å²) in [6.07, 6.45) is 12.9. The predicted molar refractivity (Wildman–Crippen MR) is 90.5 cm³/mol. The van der Waals surface area contributed by atoms with Gasteiger partial charge in [-0.05, 0) is 55.5 Å². The Kier molecular flexibility index (Phi) is 3.07. The van der Waals surface area contributed by atoms with Crippen molar-refractivity contribution in [2.75, 3.05) is 0 Å². The number of allylic oxidation sites excluding steroid dienone is 5. The molecular weight excluding hydrogens is 272 g/mol. The molecule has 1 saturated carbocycles. The lowest BCUT2D eigenvalue weighted by Gasteiger charge is -2.30. The Hall–Kier alpha value is -2.42. The average Bonchev–Trinajstić information content (AvgIpc) is 2.65. The molecule has 3 heteroatoms. The van der Waals surface area contributed by atoms with E-state index in [0.29, 0.717) is 11.8 Å². The Labute approximate surface area is 130 Å². The molecule has 0 amide bonds. The van der Waals surface area contributed by atoms with Crippen LogP contribution in [0.3, 0.4) is 0 Å². The number of fused-ring (bicyclic) bond motifs is 1. The van der Waals surface area contributed by atoms with Gasteiger partial charge in [-0.15, -0.1) is 0 Å². The summed E-state index contributed by atoms with van der Waals surface area (Å²) in [6, 6.07) is 8.40. The molecule has 2 aliphatic rings. The van der Waals surface area contributed by atoms with Crippen LogP contribution in [0.2, 0.25) is 0 Å². The number of phenolic OH excluding ortho intramolecular Hbond substituents is 1. The third-order valence-corrected chi connectivity index (χ3v) is 4.71. The second-order valence-corrected chi connectivity index (χ2v) is 6.16. The first kappa shape index (κ1) is 13.3. The second-order valence-electron chi connectivity index (χ2n) is 6.16. The molecule has 2 aliphatic carbocycles. The van der Waals surface area contributed by atoms with Gasteiger partial charge in [-0.25, -0.2) is 0 Å². The number of nitrogens with two attached hydrogens (primary N) is 1. The Balaban J connectivity index is 1.90. The smallest absolute Gasteiger partial charge is 0.117 e. The Morgan fingerprint density at radius 2 is 1.95 bits per heavy atom. The Bertz CT molecular complexity index is 819. The third-order valence-electron chi connectivity index (χ3n) is 4.71. The van der Waals surface area contributed by atoms with Crippen molar-refractivity contribution in [1.29, 1.82) is 0 Å². The van der Waals surface area contributed by atoms with Crippen LogP contribution in [0, 0.1) is 0 Å². The fourth-order valence-electron chi connectivity index (χ4n) is 3.30. The van der Waals surface area contributed by atoms with Crippen LogP contribution in [-0.4, -0.2) is 9.67 Å². The monoisotopic (exact) mass is 292 g/mol. The summed E-state index contributed by atoms with van der Waals surface area (Å²) in [4.78, 5) is 0. The molecule has 112 valence electrons. The molecule has 22 heavy (non-hydrogen) atoms. The lowest BCUT2D eigenvalue weighted by Crippen LogP contribution is -2.18. The van der Waals surface area contributed by atoms with Crippen molar-refractivity contribution in [2.24, 2.45) is 5.73 Å². The van der Waals surface area contributed by atoms with E-state index in [-0.39, 0.29) is 0 Å². The summed E-state index contributed by atoms with van der Waals surface area (Å²) in [5, 5.41) is 11.0. The maximum atomic E-state index is 9.86. The van der Waals surface area contributed by atoms with E-state index in [0.717, 1.165) is 17.6 Å². The van der Waals surface area contributed by atoms with Crippen LogP contribution < -0.4 is 5.73 Å². The number of benzene rings is 1. The molecular formula is C19H20N2O. The normalized spacial score (nSPS) is 18.7. The number of phenols is 1. The Morgan fingerprint density at radius 1 is 1.09 bits per heavy atom. The zero-order valence-electron chi connectivity index (χ0n) is 12.5. The lowest BCUT2D eigenvalue weighted by molar-refractivity contribution is 0.320. The minimum atomic E-state index is 0.328. The Morgan fingerprint density at radius 3 is 2.73 bits per heavy atom. The van der Waals surface area contributed by atoms with Crippen LogP contribution in [0.15, 0.2) is 54.3 Å². The number of rotatable bonds is 2. The quantitative estimate of drug-likeness (QED) is 0.869. The van der Waals surface area contributed by atoms with Crippen LogP contribution in [-0.2, 0) is 0 Å². The minimum absolute atomic E-state index is 0.328. The van der Waals surface area contributed by atoms with E-state index in [4.69, 9.17) is 5.73 Å². The van der Waals surface area contributed by atoms with Crippen LogP contribution in [0.5, 0.6) is 5.75 Å². The van der Waals surface area contributed by atoms with Crippen molar-refractivity contribution >= 4 is 16.5 Å². The number of hydrogen-bond acceptors (Lipinski definition) is 2. The molecule has 1 aromatic carbocycles. The molecule has 0 spiro atoms. The average molecular weight is 292 g/mol. The van der Waals surface area contributed by atoms with E-state index in [1.807, 2.05) is 24.3 Å². The zero-order valence-corrected chi connectivity index (χ0v) is 12.5. The van der Waals surface area contributed by atoms with Crippen LogP contribution >= 0.6 is 0 Å². The van der Waals surface area contributed by atoms with Gasteiger partial charge in [0.15, 0.2) is 0 Å². The van der Waals surface area contributed by atoms with E-state index < -0.39 is 0 Å². The first-order valence-electron chi connectivity index (χ1n) is 7.90. The fourth-order valence-corrected chi connectivity index (χ4v) is 3.30. The van der Waals surface area contributed by atoms with Crippen LogP contribution in [0.25, 0.3) is 16.5 Å².